The molecule has 0 aromatic rings. The second-order valence-corrected chi connectivity index (χ2v) is 9.96. The molecule has 6 atom stereocenters. The van der Waals surface area contributed by atoms with Crippen molar-refractivity contribution in [2.45, 2.75) is 68.9 Å². The van der Waals surface area contributed by atoms with Gasteiger partial charge in [-0.05, 0) is 32.1 Å². The van der Waals surface area contributed by atoms with Gasteiger partial charge in [-0.1, -0.05) is 26.7 Å². The molecule has 3 rings (SSSR count). The minimum Gasteiger partial charge on any atom is -0.466 e. The molecule has 0 radical (unpaired) electrons. The van der Waals surface area contributed by atoms with Crippen molar-refractivity contribution in [3.05, 3.63) is 0 Å². The number of nitrogens with one attached hydrogen (secondary N) is 1. The van der Waals surface area contributed by atoms with E-state index >= 15 is 0 Å². The summed E-state index contributed by atoms with van der Waals surface area (Å²) in [5, 5.41) is 12.4. The molecule has 2 amide bonds. The Morgan fingerprint density at radius 1 is 1.31 bits per heavy atom. The monoisotopic (exact) mass is 426 g/mol. The fraction of sp³-hybridized carbons (Fsp3) is 0.857. The summed E-state index contributed by atoms with van der Waals surface area (Å²) in [5.41, 5.74) is 0. The molecule has 0 aromatic heterocycles. The SMILES string of the molecule is CCCCCNC(=O)C1N(CCCO)C(=O)[C@@H]2[C@@H](C(=O)OCC)[C@H]3CC(C)C12S3. The van der Waals surface area contributed by atoms with Gasteiger partial charge in [0.15, 0.2) is 0 Å². The van der Waals surface area contributed by atoms with E-state index in [0.717, 1.165) is 25.7 Å². The first-order valence-corrected chi connectivity index (χ1v) is 11.8. The van der Waals surface area contributed by atoms with Gasteiger partial charge in [0.2, 0.25) is 11.8 Å². The maximum atomic E-state index is 13.5. The van der Waals surface area contributed by atoms with Crippen molar-refractivity contribution in [3.63, 3.8) is 0 Å². The van der Waals surface area contributed by atoms with Crippen LogP contribution in [0.5, 0.6) is 0 Å². The van der Waals surface area contributed by atoms with E-state index in [1.165, 1.54) is 0 Å². The molecule has 164 valence electrons. The average Bonchev–Trinajstić information content (AvgIpc) is 3.27. The average molecular weight is 427 g/mol. The predicted octanol–water partition coefficient (Wildman–Crippen LogP) is 1.58. The molecule has 7 nitrogen and oxygen atoms in total. The van der Waals surface area contributed by atoms with E-state index in [-0.39, 0.29) is 42.2 Å². The number of unbranched alkanes of at least 4 members (excludes halogenated alkanes) is 2. The van der Waals surface area contributed by atoms with E-state index in [2.05, 4.69) is 19.2 Å². The summed E-state index contributed by atoms with van der Waals surface area (Å²) in [4.78, 5) is 41.1. The Labute approximate surface area is 177 Å². The summed E-state index contributed by atoms with van der Waals surface area (Å²) in [7, 11) is 0. The van der Waals surface area contributed by atoms with Crippen LogP contribution in [-0.2, 0) is 19.1 Å². The lowest BCUT2D eigenvalue weighted by Gasteiger charge is -2.38. The Bertz CT molecular complexity index is 645. The third-order valence-corrected chi connectivity index (χ3v) is 8.77. The van der Waals surface area contributed by atoms with E-state index in [1.54, 1.807) is 23.6 Å². The van der Waals surface area contributed by atoms with Crippen molar-refractivity contribution in [2.75, 3.05) is 26.3 Å². The van der Waals surface area contributed by atoms with Gasteiger partial charge >= 0.3 is 5.97 Å². The molecule has 0 aromatic carbocycles. The zero-order chi connectivity index (χ0) is 21.2. The Hall–Kier alpha value is -1.28. The molecule has 3 aliphatic heterocycles. The number of carbonyl (C=O) groups is 3. The minimum atomic E-state index is -0.599. The number of nitrogens with zero attached hydrogens (tertiary/aromatic N) is 1. The number of hydrogen-bond donors (Lipinski definition) is 2. The molecular weight excluding hydrogens is 392 g/mol. The summed E-state index contributed by atoms with van der Waals surface area (Å²) in [5.74, 6) is -1.43. The molecule has 0 saturated carbocycles. The van der Waals surface area contributed by atoms with E-state index in [1.807, 2.05) is 0 Å². The number of carbonyl (C=O) groups excluding carboxylic acids is 3. The van der Waals surface area contributed by atoms with Gasteiger partial charge in [0.25, 0.3) is 0 Å². The third-order valence-electron chi connectivity index (χ3n) is 6.69. The van der Waals surface area contributed by atoms with Crippen LogP contribution in [-0.4, -0.2) is 70.1 Å². The number of ether oxygens (including phenoxy) is 1. The number of esters is 1. The van der Waals surface area contributed by atoms with E-state index < -0.39 is 22.6 Å². The highest BCUT2D eigenvalue weighted by atomic mass is 32.2. The van der Waals surface area contributed by atoms with Gasteiger partial charge in [-0.25, -0.2) is 0 Å². The molecule has 3 aliphatic rings. The quantitative estimate of drug-likeness (QED) is 0.407. The smallest absolute Gasteiger partial charge is 0.310 e. The maximum Gasteiger partial charge on any atom is 0.310 e. The van der Waals surface area contributed by atoms with Gasteiger partial charge in [0.05, 0.1) is 23.2 Å². The summed E-state index contributed by atoms with van der Waals surface area (Å²) >= 11 is 1.65. The Kier molecular flexibility index (Phi) is 7.14. The molecule has 29 heavy (non-hydrogen) atoms. The van der Waals surface area contributed by atoms with Crippen LogP contribution in [0.15, 0.2) is 0 Å². The van der Waals surface area contributed by atoms with E-state index in [9.17, 15) is 19.5 Å². The predicted molar refractivity (Wildman–Crippen MR) is 111 cm³/mol. The molecular formula is C21H34N2O5S. The van der Waals surface area contributed by atoms with Crippen molar-refractivity contribution >= 4 is 29.5 Å². The topological polar surface area (TPSA) is 95.9 Å². The second-order valence-electron chi connectivity index (χ2n) is 8.41. The van der Waals surface area contributed by atoms with Crippen molar-refractivity contribution in [3.8, 4) is 0 Å². The molecule has 2 bridgehead atoms. The highest BCUT2D eigenvalue weighted by Gasteiger charge is 2.76. The first-order valence-electron chi connectivity index (χ1n) is 11.0. The summed E-state index contributed by atoms with van der Waals surface area (Å²) in [6.07, 6.45) is 4.26. The second kappa shape index (κ2) is 9.25. The lowest BCUT2D eigenvalue weighted by Crippen LogP contribution is -2.56. The number of rotatable bonds is 10. The van der Waals surface area contributed by atoms with Crippen LogP contribution in [0.3, 0.4) is 0 Å². The van der Waals surface area contributed by atoms with Crippen LogP contribution in [0.25, 0.3) is 0 Å². The normalized spacial score (nSPS) is 35.1. The number of likely N-dealkylation sites (tertiary alicyclic amines) is 1. The number of aliphatic hydroxyl groups is 1. The van der Waals surface area contributed by atoms with Crippen LogP contribution >= 0.6 is 11.8 Å². The zero-order valence-corrected chi connectivity index (χ0v) is 18.5. The standard InChI is InChI=1S/C21H34N2O5S/c1-4-6-7-9-22-18(25)17-21-13(3)12-14(29-21)15(20(27)28-5-2)16(21)19(26)23(17)10-8-11-24/h13-17,24H,4-12H2,1-3H3,(H,22,25)/t13?,14-,15+,16+,17?,21?/m1/s1. The summed E-state index contributed by atoms with van der Waals surface area (Å²) in [6, 6.07) is -0.599. The molecule has 0 aliphatic carbocycles. The van der Waals surface area contributed by atoms with Gasteiger partial charge in [-0.2, -0.15) is 0 Å². The van der Waals surface area contributed by atoms with Crippen molar-refractivity contribution < 1.29 is 24.2 Å². The van der Waals surface area contributed by atoms with Crippen LogP contribution in [0.2, 0.25) is 0 Å². The van der Waals surface area contributed by atoms with Crippen LogP contribution in [0.1, 0.15) is 52.9 Å². The molecule has 3 heterocycles. The van der Waals surface area contributed by atoms with Gasteiger partial charge in [-0.15, -0.1) is 11.8 Å². The first kappa shape index (κ1) is 22.4. The number of thioether (sulfide) groups is 1. The van der Waals surface area contributed by atoms with Crippen molar-refractivity contribution in [2.24, 2.45) is 17.8 Å². The molecule has 3 unspecified atom stereocenters. The molecule has 8 heteroatoms. The van der Waals surface area contributed by atoms with Crippen LogP contribution in [0.4, 0.5) is 0 Å². The van der Waals surface area contributed by atoms with Gasteiger partial charge in [0.1, 0.15) is 6.04 Å². The summed E-state index contributed by atoms with van der Waals surface area (Å²) < 4.78 is 4.71. The minimum absolute atomic E-state index is 0.0217. The van der Waals surface area contributed by atoms with Crippen molar-refractivity contribution in [1.82, 2.24) is 10.2 Å². The first-order chi connectivity index (χ1) is 13.9. The van der Waals surface area contributed by atoms with Gasteiger partial charge in [0, 0.05) is 24.9 Å². The maximum absolute atomic E-state index is 13.5. The number of aliphatic hydroxyl groups excluding tert-OH is 1. The Morgan fingerprint density at radius 2 is 2.07 bits per heavy atom. The highest BCUT2D eigenvalue weighted by molar-refractivity contribution is 8.02. The molecule has 3 saturated heterocycles. The van der Waals surface area contributed by atoms with Crippen LogP contribution < -0.4 is 5.32 Å². The van der Waals surface area contributed by atoms with Crippen LogP contribution in [0, 0.1) is 17.8 Å². The highest BCUT2D eigenvalue weighted by Crippen LogP contribution is 2.68. The largest absolute Gasteiger partial charge is 0.466 e. The number of amides is 2. The summed E-state index contributed by atoms with van der Waals surface area (Å²) in [6.45, 7) is 7.14. The lowest BCUT2D eigenvalue weighted by molar-refractivity contribution is -0.154. The zero-order valence-electron chi connectivity index (χ0n) is 17.7. The third kappa shape index (κ3) is 3.67. The molecule has 1 spiro atoms. The van der Waals surface area contributed by atoms with Gasteiger partial charge in [-0.3, -0.25) is 14.4 Å². The van der Waals surface area contributed by atoms with E-state index in [0.29, 0.717) is 19.5 Å². The number of hydrogen-bond acceptors (Lipinski definition) is 6. The lowest BCUT2D eigenvalue weighted by atomic mass is 9.66. The number of fused-ring (bicyclic) bond motifs is 1. The fourth-order valence-electron chi connectivity index (χ4n) is 5.49. The molecule has 3 fully saturated rings. The fourth-order valence-corrected chi connectivity index (χ4v) is 7.90. The van der Waals surface area contributed by atoms with Crippen molar-refractivity contribution in [1.29, 1.82) is 0 Å². The molecule has 2 N–H and O–H groups in total. The Morgan fingerprint density at radius 3 is 2.72 bits per heavy atom. The Balaban J connectivity index is 1.91. The van der Waals surface area contributed by atoms with Gasteiger partial charge < -0.3 is 20.1 Å². The van der Waals surface area contributed by atoms with E-state index in [4.69, 9.17) is 4.74 Å².